The molecule has 0 aromatic heterocycles. The Morgan fingerprint density at radius 1 is 1.32 bits per heavy atom. The smallest absolute Gasteiger partial charge is 0.225 e. The van der Waals surface area contributed by atoms with Crippen LogP contribution >= 0.6 is 11.6 Å². The molecule has 6 heteroatoms. The molecule has 1 amide bonds. The van der Waals surface area contributed by atoms with Gasteiger partial charge in [0.1, 0.15) is 12.0 Å². The van der Waals surface area contributed by atoms with Crippen molar-refractivity contribution in [3.8, 4) is 5.75 Å². The van der Waals surface area contributed by atoms with E-state index in [0.29, 0.717) is 22.7 Å². The second kappa shape index (κ2) is 7.15. The van der Waals surface area contributed by atoms with Crippen LogP contribution in [-0.4, -0.2) is 17.3 Å². The van der Waals surface area contributed by atoms with Crippen molar-refractivity contribution >= 4 is 35.2 Å². The zero-order chi connectivity index (χ0) is 18.8. The molecular formula is C19H21ClN2O3. The number of carbonyl (C=O) groups is 2. The first-order valence-corrected chi connectivity index (χ1v) is 8.16. The molecule has 5 nitrogen and oxygen atoms in total. The van der Waals surface area contributed by atoms with Crippen molar-refractivity contribution in [3.05, 3.63) is 52.0 Å². The predicted octanol–water partition coefficient (Wildman–Crippen LogP) is 4.06. The van der Waals surface area contributed by atoms with E-state index in [1.807, 2.05) is 39.0 Å². The number of hydrogen-bond donors (Lipinski definition) is 3. The summed E-state index contributed by atoms with van der Waals surface area (Å²) in [5.74, 6) is -0.104. The number of anilines is 2. The van der Waals surface area contributed by atoms with Crippen LogP contribution in [0.15, 0.2) is 30.3 Å². The highest BCUT2D eigenvalue weighted by Crippen LogP contribution is 2.48. The number of nitrogens with two attached hydrogens (primary N) is 1. The van der Waals surface area contributed by atoms with Gasteiger partial charge in [-0.25, -0.2) is 0 Å². The van der Waals surface area contributed by atoms with Crippen LogP contribution in [0.2, 0.25) is 5.02 Å². The minimum Gasteiger partial charge on any atom is -0.505 e. The zero-order valence-electron chi connectivity index (χ0n) is 14.4. The Hall–Kier alpha value is -2.53. The highest BCUT2D eigenvalue weighted by Gasteiger charge is 2.36. The van der Waals surface area contributed by atoms with Crippen LogP contribution in [0.4, 0.5) is 11.4 Å². The van der Waals surface area contributed by atoms with Crippen molar-refractivity contribution in [3.63, 3.8) is 0 Å². The quantitative estimate of drug-likeness (QED) is 0.406. The summed E-state index contributed by atoms with van der Waals surface area (Å²) in [5, 5.41) is 13.0. The van der Waals surface area contributed by atoms with Crippen molar-refractivity contribution < 1.29 is 14.7 Å². The summed E-state index contributed by atoms with van der Waals surface area (Å²) in [6.45, 7) is 5.72. The number of nitrogens with one attached hydrogen (secondary N) is 1. The van der Waals surface area contributed by atoms with Gasteiger partial charge in [-0.05, 0) is 19.1 Å². The fraction of sp³-hybridized carbons (Fsp3) is 0.263. The zero-order valence-corrected chi connectivity index (χ0v) is 15.1. The normalized spacial score (nSPS) is 14.6. The number of fused-ring (bicyclic) bond motifs is 1. The van der Waals surface area contributed by atoms with E-state index in [9.17, 15) is 14.7 Å². The third-order valence-corrected chi connectivity index (χ3v) is 4.30. The third kappa shape index (κ3) is 4.12. The van der Waals surface area contributed by atoms with Crippen LogP contribution in [0, 0.1) is 6.92 Å². The number of rotatable bonds is 1. The number of aryl methyl sites for hydroxylation is 1. The van der Waals surface area contributed by atoms with Gasteiger partial charge in [0, 0.05) is 23.0 Å². The number of halogens is 1. The SMILES string of the molecule is CC1(C)CC(=O)Nc2c(Cl)cc(N)c(O)c21.Cc1cccc(C=O)c1. The fourth-order valence-electron chi connectivity index (χ4n) is 2.86. The molecule has 0 unspecified atom stereocenters. The van der Waals surface area contributed by atoms with Crippen molar-refractivity contribution in [2.24, 2.45) is 0 Å². The molecule has 1 heterocycles. The standard InChI is InChI=1S/C11H13ClN2O2.C8H8O/c1-11(2)4-7(15)14-9-5(12)3-6(13)10(16)8(9)11;1-7-3-2-4-8(5-7)6-9/h3,16H,4,13H2,1-2H3,(H,14,15);2-6H,1H3. The second-order valence-corrected chi connectivity index (χ2v) is 7.09. The summed E-state index contributed by atoms with van der Waals surface area (Å²) in [5.41, 5.74) is 8.36. The molecule has 25 heavy (non-hydrogen) atoms. The summed E-state index contributed by atoms with van der Waals surface area (Å²) in [6.07, 6.45) is 1.15. The van der Waals surface area contributed by atoms with Gasteiger partial charge in [-0.3, -0.25) is 9.59 Å². The van der Waals surface area contributed by atoms with Crippen molar-refractivity contribution in [2.75, 3.05) is 11.1 Å². The molecule has 0 saturated carbocycles. The van der Waals surface area contributed by atoms with E-state index in [1.165, 1.54) is 6.07 Å². The molecule has 0 radical (unpaired) electrons. The summed E-state index contributed by atoms with van der Waals surface area (Å²) < 4.78 is 0. The summed E-state index contributed by atoms with van der Waals surface area (Å²) in [4.78, 5) is 21.7. The van der Waals surface area contributed by atoms with E-state index < -0.39 is 5.41 Å². The Labute approximate surface area is 151 Å². The fourth-order valence-corrected chi connectivity index (χ4v) is 3.12. The maximum absolute atomic E-state index is 11.5. The molecule has 1 aliphatic heterocycles. The van der Waals surface area contributed by atoms with Gasteiger partial charge in [0.25, 0.3) is 0 Å². The van der Waals surface area contributed by atoms with Crippen LogP contribution < -0.4 is 11.1 Å². The molecule has 2 aromatic rings. The highest BCUT2D eigenvalue weighted by atomic mass is 35.5. The summed E-state index contributed by atoms with van der Waals surface area (Å²) >= 11 is 6.01. The lowest BCUT2D eigenvalue weighted by Gasteiger charge is -2.33. The van der Waals surface area contributed by atoms with Crippen LogP contribution in [0.25, 0.3) is 0 Å². The summed E-state index contributed by atoms with van der Waals surface area (Å²) in [6, 6.07) is 8.93. The Balaban J connectivity index is 0.000000212. The first-order chi connectivity index (χ1) is 11.7. The van der Waals surface area contributed by atoms with Gasteiger partial charge in [-0.2, -0.15) is 0 Å². The Morgan fingerprint density at radius 2 is 2.00 bits per heavy atom. The van der Waals surface area contributed by atoms with Crippen LogP contribution in [0.5, 0.6) is 5.75 Å². The number of benzene rings is 2. The predicted molar refractivity (Wildman–Crippen MR) is 100 cm³/mol. The lowest BCUT2D eigenvalue weighted by atomic mass is 9.77. The van der Waals surface area contributed by atoms with Crippen molar-refractivity contribution in [1.29, 1.82) is 0 Å². The van der Waals surface area contributed by atoms with Gasteiger partial charge in [-0.1, -0.05) is 49.2 Å². The number of nitrogen functional groups attached to an aromatic ring is 1. The van der Waals surface area contributed by atoms with Crippen LogP contribution in [0.1, 0.15) is 41.8 Å². The largest absolute Gasteiger partial charge is 0.505 e. The molecule has 0 spiro atoms. The number of aromatic hydroxyl groups is 1. The number of carbonyl (C=O) groups excluding carboxylic acids is 2. The first-order valence-electron chi connectivity index (χ1n) is 7.79. The molecule has 1 aliphatic rings. The van der Waals surface area contributed by atoms with E-state index in [2.05, 4.69) is 5.32 Å². The van der Waals surface area contributed by atoms with Crippen molar-refractivity contribution in [1.82, 2.24) is 0 Å². The van der Waals surface area contributed by atoms with E-state index in [1.54, 1.807) is 6.07 Å². The Bertz CT molecular complexity index is 832. The van der Waals surface area contributed by atoms with Crippen LogP contribution in [-0.2, 0) is 10.2 Å². The van der Waals surface area contributed by atoms with Gasteiger partial charge in [0.05, 0.1) is 16.4 Å². The van der Waals surface area contributed by atoms with E-state index >= 15 is 0 Å². The number of phenolic OH excluding ortho intramolecular Hbond substituents is 1. The molecule has 2 aromatic carbocycles. The first kappa shape index (κ1) is 18.8. The average Bonchev–Trinajstić information content (AvgIpc) is 2.52. The lowest BCUT2D eigenvalue weighted by Crippen LogP contribution is -2.33. The number of amides is 1. The monoisotopic (exact) mass is 360 g/mol. The topological polar surface area (TPSA) is 92.4 Å². The van der Waals surface area contributed by atoms with E-state index in [0.717, 1.165) is 17.4 Å². The molecule has 4 N–H and O–H groups in total. The van der Waals surface area contributed by atoms with Gasteiger partial charge in [-0.15, -0.1) is 0 Å². The van der Waals surface area contributed by atoms with Gasteiger partial charge >= 0.3 is 0 Å². The molecule has 132 valence electrons. The molecule has 0 saturated heterocycles. The minimum absolute atomic E-state index is 0.00407. The Morgan fingerprint density at radius 3 is 2.56 bits per heavy atom. The van der Waals surface area contributed by atoms with Gasteiger partial charge in [0.15, 0.2) is 0 Å². The van der Waals surface area contributed by atoms with Crippen LogP contribution in [0.3, 0.4) is 0 Å². The van der Waals surface area contributed by atoms with Crippen molar-refractivity contribution in [2.45, 2.75) is 32.6 Å². The molecule has 0 aliphatic carbocycles. The highest BCUT2D eigenvalue weighted by molar-refractivity contribution is 6.34. The minimum atomic E-state index is -0.471. The second-order valence-electron chi connectivity index (χ2n) is 6.69. The molecule has 3 rings (SSSR count). The van der Waals surface area contributed by atoms with E-state index in [4.69, 9.17) is 17.3 Å². The molecule has 0 atom stereocenters. The lowest BCUT2D eigenvalue weighted by molar-refractivity contribution is -0.117. The molecular weight excluding hydrogens is 340 g/mol. The number of phenols is 1. The van der Waals surface area contributed by atoms with Gasteiger partial charge in [0.2, 0.25) is 5.91 Å². The number of aldehydes is 1. The van der Waals surface area contributed by atoms with Gasteiger partial charge < -0.3 is 16.2 Å². The molecule has 0 bridgehead atoms. The van der Waals surface area contributed by atoms with E-state index in [-0.39, 0.29) is 17.3 Å². The Kier molecular flexibility index (Phi) is 5.38. The third-order valence-electron chi connectivity index (χ3n) is 4.00. The number of hydrogen-bond acceptors (Lipinski definition) is 4. The summed E-state index contributed by atoms with van der Waals surface area (Å²) in [7, 11) is 0. The molecule has 0 fully saturated rings. The maximum atomic E-state index is 11.5. The average molecular weight is 361 g/mol. The maximum Gasteiger partial charge on any atom is 0.225 e.